The Morgan fingerprint density at radius 1 is 1.36 bits per heavy atom. The molecular formula is C11H9FN2. The highest BCUT2D eigenvalue weighted by atomic mass is 19.1. The number of nitriles is 1. The van der Waals surface area contributed by atoms with E-state index in [0.717, 1.165) is 0 Å². The zero-order valence-electron chi connectivity index (χ0n) is 7.55. The highest BCUT2D eigenvalue weighted by Crippen LogP contribution is 2.10. The standard InChI is InChI=1S/C11H9FN2/c12-11-9(4-1-2-7-13)5-3-6-10(11)8-14/h3,5-6H,2,7,13H2. The van der Waals surface area contributed by atoms with Crippen LogP contribution in [0.3, 0.4) is 0 Å². The van der Waals surface area contributed by atoms with E-state index in [1.165, 1.54) is 6.07 Å². The highest BCUT2D eigenvalue weighted by Gasteiger charge is 2.03. The average Bonchev–Trinajstić information content (AvgIpc) is 2.21. The van der Waals surface area contributed by atoms with Crippen molar-refractivity contribution >= 4 is 0 Å². The second-order valence-corrected chi connectivity index (χ2v) is 2.62. The van der Waals surface area contributed by atoms with Crippen molar-refractivity contribution in [3.63, 3.8) is 0 Å². The summed E-state index contributed by atoms with van der Waals surface area (Å²) < 4.78 is 13.3. The van der Waals surface area contributed by atoms with Gasteiger partial charge in [0.25, 0.3) is 0 Å². The Bertz CT molecular complexity index is 421. The summed E-state index contributed by atoms with van der Waals surface area (Å²) >= 11 is 0. The van der Waals surface area contributed by atoms with Gasteiger partial charge in [0.2, 0.25) is 0 Å². The first-order chi connectivity index (χ1) is 6.79. The average molecular weight is 188 g/mol. The van der Waals surface area contributed by atoms with Gasteiger partial charge < -0.3 is 5.73 Å². The van der Waals surface area contributed by atoms with Crippen LogP contribution in [0.5, 0.6) is 0 Å². The predicted octanol–water partition coefficient (Wildman–Crippen LogP) is 1.40. The minimum Gasteiger partial charge on any atom is -0.330 e. The summed E-state index contributed by atoms with van der Waals surface area (Å²) in [6.45, 7) is 0.451. The third-order valence-electron chi connectivity index (χ3n) is 1.61. The van der Waals surface area contributed by atoms with E-state index in [9.17, 15) is 4.39 Å². The first-order valence-corrected chi connectivity index (χ1v) is 4.17. The van der Waals surface area contributed by atoms with Gasteiger partial charge in [-0.1, -0.05) is 17.9 Å². The van der Waals surface area contributed by atoms with Crippen molar-refractivity contribution < 1.29 is 4.39 Å². The number of benzene rings is 1. The summed E-state index contributed by atoms with van der Waals surface area (Å²) in [5.74, 6) is 4.80. The number of nitrogens with zero attached hydrogens (tertiary/aromatic N) is 1. The van der Waals surface area contributed by atoms with E-state index < -0.39 is 5.82 Å². The van der Waals surface area contributed by atoms with E-state index in [2.05, 4.69) is 11.8 Å². The molecule has 0 heterocycles. The molecule has 1 rings (SSSR count). The summed E-state index contributed by atoms with van der Waals surface area (Å²) in [6, 6.07) is 6.33. The van der Waals surface area contributed by atoms with Gasteiger partial charge in [0.15, 0.2) is 5.82 Å². The third kappa shape index (κ3) is 2.32. The summed E-state index contributed by atoms with van der Waals surface area (Å²) in [4.78, 5) is 0. The van der Waals surface area contributed by atoms with Crippen molar-refractivity contribution in [2.75, 3.05) is 6.54 Å². The second kappa shape index (κ2) is 5.01. The Labute approximate surface area is 82.2 Å². The van der Waals surface area contributed by atoms with Crippen LogP contribution in [0.25, 0.3) is 0 Å². The van der Waals surface area contributed by atoms with Gasteiger partial charge in [-0.15, -0.1) is 0 Å². The molecule has 2 N–H and O–H groups in total. The van der Waals surface area contributed by atoms with E-state index >= 15 is 0 Å². The maximum absolute atomic E-state index is 13.3. The van der Waals surface area contributed by atoms with Gasteiger partial charge in [-0.25, -0.2) is 4.39 Å². The minimum atomic E-state index is -0.556. The maximum atomic E-state index is 13.3. The summed E-state index contributed by atoms with van der Waals surface area (Å²) in [5, 5.41) is 8.56. The van der Waals surface area contributed by atoms with Crippen LogP contribution in [-0.4, -0.2) is 6.54 Å². The fraction of sp³-hybridized carbons (Fsp3) is 0.182. The summed E-state index contributed by atoms with van der Waals surface area (Å²) in [5.41, 5.74) is 5.50. The van der Waals surface area contributed by atoms with E-state index in [1.54, 1.807) is 18.2 Å². The molecule has 0 bridgehead atoms. The molecule has 0 radical (unpaired) electrons. The number of nitrogens with two attached hydrogens (primary N) is 1. The number of hydrogen-bond donors (Lipinski definition) is 1. The SMILES string of the molecule is N#Cc1cccc(C#CCCN)c1F. The van der Waals surface area contributed by atoms with E-state index in [1.807, 2.05) is 0 Å². The van der Waals surface area contributed by atoms with Crippen molar-refractivity contribution in [1.29, 1.82) is 5.26 Å². The summed E-state index contributed by atoms with van der Waals surface area (Å²) in [6.07, 6.45) is 0.524. The van der Waals surface area contributed by atoms with Gasteiger partial charge in [0.1, 0.15) is 6.07 Å². The lowest BCUT2D eigenvalue weighted by Gasteiger charge is -1.95. The molecule has 1 aromatic rings. The second-order valence-electron chi connectivity index (χ2n) is 2.62. The zero-order chi connectivity index (χ0) is 10.4. The quantitative estimate of drug-likeness (QED) is 0.677. The number of halogens is 1. The molecule has 0 saturated heterocycles. The highest BCUT2D eigenvalue weighted by molar-refractivity contribution is 5.43. The topological polar surface area (TPSA) is 49.8 Å². The molecule has 2 nitrogen and oxygen atoms in total. The molecule has 1 aromatic carbocycles. The van der Waals surface area contributed by atoms with Gasteiger partial charge in [-0.05, 0) is 12.1 Å². The fourth-order valence-electron chi connectivity index (χ4n) is 0.945. The molecule has 0 unspecified atom stereocenters. The van der Waals surface area contributed by atoms with Crippen LogP contribution in [0.4, 0.5) is 4.39 Å². The molecule has 70 valence electrons. The Morgan fingerprint density at radius 3 is 2.71 bits per heavy atom. The smallest absolute Gasteiger partial charge is 0.156 e. The first kappa shape index (κ1) is 10.2. The van der Waals surface area contributed by atoms with Crippen LogP contribution in [0.1, 0.15) is 17.5 Å². The fourth-order valence-corrected chi connectivity index (χ4v) is 0.945. The Balaban J connectivity index is 3.01. The van der Waals surface area contributed by atoms with Crippen LogP contribution >= 0.6 is 0 Å². The first-order valence-electron chi connectivity index (χ1n) is 4.17. The van der Waals surface area contributed by atoms with Gasteiger partial charge in [0, 0.05) is 13.0 Å². The van der Waals surface area contributed by atoms with Gasteiger partial charge >= 0.3 is 0 Å². The van der Waals surface area contributed by atoms with Crippen molar-refractivity contribution in [3.05, 3.63) is 35.1 Å². The minimum absolute atomic E-state index is 0.0181. The molecule has 0 aliphatic rings. The number of rotatable bonds is 1. The number of hydrogen-bond acceptors (Lipinski definition) is 2. The molecule has 0 fully saturated rings. The normalized spacial score (nSPS) is 8.64. The van der Waals surface area contributed by atoms with Crippen molar-refractivity contribution in [2.45, 2.75) is 6.42 Å². The molecule has 3 heteroatoms. The molecule has 0 aliphatic heterocycles. The van der Waals surface area contributed by atoms with Crippen molar-refractivity contribution in [1.82, 2.24) is 0 Å². The Kier molecular flexibility index (Phi) is 3.67. The summed E-state index contributed by atoms with van der Waals surface area (Å²) in [7, 11) is 0. The molecule has 14 heavy (non-hydrogen) atoms. The largest absolute Gasteiger partial charge is 0.330 e. The molecule has 0 spiro atoms. The lowest BCUT2D eigenvalue weighted by molar-refractivity contribution is 0.620. The predicted molar refractivity (Wildman–Crippen MR) is 51.7 cm³/mol. The Hall–Kier alpha value is -1.84. The molecule has 0 amide bonds. The van der Waals surface area contributed by atoms with Crippen LogP contribution < -0.4 is 5.73 Å². The molecule has 0 saturated carbocycles. The molecular weight excluding hydrogens is 179 g/mol. The van der Waals surface area contributed by atoms with Crippen molar-refractivity contribution in [3.8, 4) is 17.9 Å². The zero-order valence-corrected chi connectivity index (χ0v) is 7.55. The molecule has 0 atom stereocenters. The van der Waals surface area contributed by atoms with E-state index in [4.69, 9.17) is 11.0 Å². The van der Waals surface area contributed by atoms with E-state index in [0.29, 0.717) is 13.0 Å². The monoisotopic (exact) mass is 188 g/mol. The maximum Gasteiger partial charge on any atom is 0.156 e. The van der Waals surface area contributed by atoms with Gasteiger partial charge in [-0.2, -0.15) is 5.26 Å². The molecule has 0 aromatic heterocycles. The lowest BCUT2D eigenvalue weighted by Crippen LogP contribution is -1.95. The van der Waals surface area contributed by atoms with Crippen molar-refractivity contribution in [2.24, 2.45) is 5.73 Å². The lowest BCUT2D eigenvalue weighted by atomic mass is 10.1. The van der Waals surface area contributed by atoms with Gasteiger partial charge in [-0.3, -0.25) is 0 Å². The van der Waals surface area contributed by atoms with Crippen LogP contribution in [0.2, 0.25) is 0 Å². The van der Waals surface area contributed by atoms with E-state index in [-0.39, 0.29) is 11.1 Å². The Morgan fingerprint density at radius 2 is 2.07 bits per heavy atom. The van der Waals surface area contributed by atoms with Crippen LogP contribution in [-0.2, 0) is 0 Å². The van der Waals surface area contributed by atoms with Crippen LogP contribution in [0.15, 0.2) is 18.2 Å². The van der Waals surface area contributed by atoms with Crippen LogP contribution in [0, 0.1) is 29.0 Å². The molecule has 0 aliphatic carbocycles. The van der Waals surface area contributed by atoms with Gasteiger partial charge in [0.05, 0.1) is 11.1 Å². The third-order valence-corrected chi connectivity index (χ3v) is 1.61.